The summed E-state index contributed by atoms with van der Waals surface area (Å²) in [7, 11) is 0.840. The first-order valence-electron chi connectivity index (χ1n) is 5.90. The van der Waals surface area contributed by atoms with Crippen LogP contribution in [0.25, 0.3) is 0 Å². The molecule has 2 N–H and O–H groups in total. The summed E-state index contributed by atoms with van der Waals surface area (Å²) in [6.45, 7) is 1.44. The van der Waals surface area contributed by atoms with E-state index in [9.17, 15) is 8.42 Å². The summed E-state index contributed by atoms with van der Waals surface area (Å²) in [4.78, 5) is 1.31. The summed E-state index contributed by atoms with van der Waals surface area (Å²) in [5.74, 6) is -0.00100. The Morgan fingerprint density at radius 2 is 1.83 bits per heavy atom. The standard InChI is InChI=1S/C12H19ClN2O2S/c1-15(2)9-3-8-14-18(16,17)10-11-4-6-12(13)7-5-11/h4-7,14H,3,8-10H2,1-2H3/p+1. The maximum absolute atomic E-state index is 11.8. The average molecular weight is 292 g/mol. The van der Waals surface area contributed by atoms with E-state index in [1.54, 1.807) is 24.3 Å². The zero-order chi connectivity index (χ0) is 13.6. The predicted molar refractivity (Wildman–Crippen MR) is 74.4 cm³/mol. The minimum absolute atomic E-state index is 0.00100. The van der Waals surface area contributed by atoms with Gasteiger partial charge in [-0.05, 0) is 17.7 Å². The summed E-state index contributed by atoms with van der Waals surface area (Å²) in [6.07, 6.45) is 0.835. The normalized spacial score (nSPS) is 12.0. The van der Waals surface area contributed by atoms with Gasteiger partial charge >= 0.3 is 0 Å². The zero-order valence-electron chi connectivity index (χ0n) is 10.7. The molecule has 0 radical (unpaired) electrons. The molecule has 6 heteroatoms. The fourth-order valence-electron chi connectivity index (χ4n) is 1.52. The van der Waals surface area contributed by atoms with Crippen LogP contribution in [0.4, 0.5) is 0 Å². The van der Waals surface area contributed by atoms with E-state index in [4.69, 9.17) is 11.6 Å². The highest BCUT2D eigenvalue weighted by atomic mass is 35.5. The maximum Gasteiger partial charge on any atom is 0.215 e. The number of nitrogens with one attached hydrogen (secondary N) is 2. The van der Waals surface area contributed by atoms with Crippen molar-refractivity contribution in [2.75, 3.05) is 27.2 Å². The number of quaternary nitrogens is 1. The molecule has 1 rings (SSSR count). The van der Waals surface area contributed by atoms with Gasteiger partial charge in [-0.3, -0.25) is 0 Å². The predicted octanol–water partition coefficient (Wildman–Crippen LogP) is 0.294. The Hall–Kier alpha value is -0.620. The Bertz CT molecular complexity index is 457. The van der Waals surface area contributed by atoms with Gasteiger partial charge < -0.3 is 4.90 Å². The summed E-state index contributed by atoms with van der Waals surface area (Å²) in [5.41, 5.74) is 0.741. The van der Waals surface area contributed by atoms with Gasteiger partial charge in [0.15, 0.2) is 0 Å². The Morgan fingerprint density at radius 1 is 1.22 bits per heavy atom. The van der Waals surface area contributed by atoms with E-state index in [1.807, 2.05) is 14.1 Å². The lowest BCUT2D eigenvalue weighted by molar-refractivity contribution is -0.858. The van der Waals surface area contributed by atoms with Gasteiger partial charge in [-0.25, -0.2) is 13.1 Å². The van der Waals surface area contributed by atoms with E-state index in [1.165, 1.54) is 4.90 Å². The van der Waals surface area contributed by atoms with Crippen molar-refractivity contribution in [1.82, 2.24) is 4.72 Å². The Balaban J connectivity index is 2.42. The molecule has 0 aliphatic heterocycles. The van der Waals surface area contributed by atoms with E-state index in [0.29, 0.717) is 11.6 Å². The molecular formula is C12H20ClN2O2S+. The molecule has 18 heavy (non-hydrogen) atoms. The van der Waals surface area contributed by atoms with Crippen molar-refractivity contribution in [3.8, 4) is 0 Å². The molecule has 0 bridgehead atoms. The minimum atomic E-state index is -3.25. The lowest BCUT2D eigenvalue weighted by atomic mass is 10.2. The molecule has 0 fully saturated rings. The molecule has 0 saturated carbocycles. The van der Waals surface area contributed by atoms with E-state index in [0.717, 1.165) is 18.5 Å². The van der Waals surface area contributed by atoms with E-state index >= 15 is 0 Å². The molecule has 4 nitrogen and oxygen atoms in total. The molecule has 0 amide bonds. The molecule has 0 unspecified atom stereocenters. The van der Waals surface area contributed by atoms with Crippen LogP contribution in [0.15, 0.2) is 24.3 Å². The van der Waals surface area contributed by atoms with Crippen molar-refractivity contribution < 1.29 is 13.3 Å². The van der Waals surface area contributed by atoms with Crippen LogP contribution in [0.5, 0.6) is 0 Å². The van der Waals surface area contributed by atoms with Crippen molar-refractivity contribution in [1.29, 1.82) is 0 Å². The highest BCUT2D eigenvalue weighted by Gasteiger charge is 2.10. The first-order valence-corrected chi connectivity index (χ1v) is 7.93. The van der Waals surface area contributed by atoms with Gasteiger partial charge in [0, 0.05) is 18.0 Å². The van der Waals surface area contributed by atoms with Crippen LogP contribution >= 0.6 is 11.6 Å². The van der Waals surface area contributed by atoms with Crippen molar-refractivity contribution in [2.24, 2.45) is 0 Å². The van der Waals surface area contributed by atoms with Crippen molar-refractivity contribution in [3.05, 3.63) is 34.9 Å². The zero-order valence-corrected chi connectivity index (χ0v) is 12.3. The molecule has 0 spiro atoms. The fourth-order valence-corrected chi connectivity index (χ4v) is 2.84. The maximum atomic E-state index is 11.8. The third kappa shape index (κ3) is 6.35. The topological polar surface area (TPSA) is 50.6 Å². The molecular weight excluding hydrogens is 272 g/mol. The van der Waals surface area contributed by atoms with Crippen LogP contribution in [0.1, 0.15) is 12.0 Å². The van der Waals surface area contributed by atoms with Gasteiger partial charge in [0.2, 0.25) is 10.0 Å². The Morgan fingerprint density at radius 3 is 2.39 bits per heavy atom. The molecule has 0 aliphatic carbocycles. The van der Waals surface area contributed by atoms with E-state index in [2.05, 4.69) is 4.72 Å². The highest BCUT2D eigenvalue weighted by Crippen LogP contribution is 2.11. The van der Waals surface area contributed by atoms with Crippen LogP contribution in [0.2, 0.25) is 5.02 Å². The van der Waals surface area contributed by atoms with Gasteiger partial charge in [0.25, 0.3) is 0 Å². The third-order valence-electron chi connectivity index (χ3n) is 2.45. The molecule has 0 heterocycles. The second-order valence-corrected chi connectivity index (χ2v) is 6.83. The van der Waals surface area contributed by atoms with Crippen molar-refractivity contribution in [2.45, 2.75) is 12.2 Å². The van der Waals surface area contributed by atoms with Crippen LogP contribution in [-0.2, 0) is 15.8 Å². The average Bonchev–Trinajstić information content (AvgIpc) is 2.27. The van der Waals surface area contributed by atoms with Crippen LogP contribution in [0, 0.1) is 0 Å². The molecule has 0 aromatic heterocycles. The minimum Gasteiger partial charge on any atom is -0.340 e. The first kappa shape index (κ1) is 15.4. The number of hydrogen-bond donors (Lipinski definition) is 2. The molecule has 1 aromatic rings. The van der Waals surface area contributed by atoms with Gasteiger partial charge in [-0.1, -0.05) is 23.7 Å². The molecule has 1 aromatic carbocycles. The van der Waals surface area contributed by atoms with Crippen LogP contribution in [0.3, 0.4) is 0 Å². The second-order valence-electron chi connectivity index (χ2n) is 4.59. The number of halogens is 1. The monoisotopic (exact) mass is 291 g/mol. The molecule has 0 atom stereocenters. The summed E-state index contributed by atoms with van der Waals surface area (Å²) < 4.78 is 26.2. The largest absolute Gasteiger partial charge is 0.340 e. The molecule has 0 aliphatic rings. The second kappa shape index (κ2) is 7.09. The fraction of sp³-hybridized carbons (Fsp3) is 0.500. The molecule has 0 saturated heterocycles. The third-order valence-corrected chi connectivity index (χ3v) is 4.05. The quantitative estimate of drug-likeness (QED) is 0.710. The number of rotatable bonds is 7. The summed E-state index contributed by atoms with van der Waals surface area (Å²) in [5, 5.41) is 0.609. The van der Waals surface area contributed by atoms with Gasteiger partial charge in [-0.15, -0.1) is 0 Å². The van der Waals surface area contributed by atoms with Crippen LogP contribution < -0.4 is 9.62 Å². The number of benzene rings is 1. The van der Waals surface area contributed by atoms with Gasteiger partial charge in [0.05, 0.1) is 26.4 Å². The summed E-state index contributed by atoms with van der Waals surface area (Å²) >= 11 is 5.75. The lowest BCUT2D eigenvalue weighted by Gasteiger charge is -2.09. The smallest absolute Gasteiger partial charge is 0.215 e. The number of hydrogen-bond acceptors (Lipinski definition) is 2. The molecule has 102 valence electrons. The van der Waals surface area contributed by atoms with Crippen molar-refractivity contribution >= 4 is 21.6 Å². The van der Waals surface area contributed by atoms with E-state index in [-0.39, 0.29) is 5.75 Å². The summed E-state index contributed by atoms with van der Waals surface area (Å²) in [6, 6.07) is 6.85. The van der Waals surface area contributed by atoms with Crippen molar-refractivity contribution in [3.63, 3.8) is 0 Å². The van der Waals surface area contributed by atoms with Gasteiger partial charge in [-0.2, -0.15) is 0 Å². The highest BCUT2D eigenvalue weighted by molar-refractivity contribution is 7.88. The SMILES string of the molecule is C[NH+](C)CCCNS(=O)(=O)Cc1ccc(Cl)cc1. The number of sulfonamides is 1. The van der Waals surface area contributed by atoms with Gasteiger partial charge in [0.1, 0.15) is 0 Å². The van der Waals surface area contributed by atoms with Crippen LogP contribution in [-0.4, -0.2) is 35.6 Å². The Kier molecular flexibility index (Phi) is 6.08. The lowest BCUT2D eigenvalue weighted by Crippen LogP contribution is -3.05. The van der Waals surface area contributed by atoms with E-state index < -0.39 is 10.0 Å². The first-order chi connectivity index (χ1) is 8.39. The Labute approximate surface area is 114 Å².